The maximum Gasteiger partial charge on any atom is 0.405 e. The van der Waals surface area contributed by atoms with Gasteiger partial charge < -0.3 is 15.2 Å². The smallest absolute Gasteiger partial charge is 0.345 e. The predicted octanol–water partition coefficient (Wildman–Crippen LogP) is 1.39. The third-order valence-electron chi connectivity index (χ3n) is 3.28. The molecule has 0 saturated heterocycles. The molecule has 0 unspecified atom stereocenters. The number of fused-ring (bicyclic) bond motifs is 1. The van der Waals surface area contributed by atoms with E-state index in [2.05, 4.69) is 10.3 Å². The second-order valence-corrected chi connectivity index (χ2v) is 5.13. The fraction of sp³-hybridized carbons (Fsp3) is 0.400. The molecule has 2 amide bonds. The molecule has 0 atom stereocenters. The maximum atomic E-state index is 12.0. The molecule has 2 aromatic rings. The molecule has 24 heavy (non-hydrogen) atoms. The number of amides is 2. The number of carbonyl (C=O) groups excluding carboxylic acids is 2. The summed E-state index contributed by atoms with van der Waals surface area (Å²) in [6.45, 7) is -0.0900. The normalized spacial score (nSPS) is 11.5. The Labute approximate surface area is 136 Å². The van der Waals surface area contributed by atoms with Crippen molar-refractivity contribution in [1.82, 2.24) is 20.2 Å². The Morgan fingerprint density at radius 3 is 2.54 bits per heavy atom. The molecule has 6 nitrogen and oxygen atoms in total. The van der Waals surface area contributed by atoms with Crippen LogP contribution in [-0.2, 0) is 22.6 Å². The first-order valence-corrected chi connectivity index (χ1v) is 7.34. The van der Waals surface area contributed by atoms with Crippen molar-refractivity contribution in [2.75, 3.05) is 13.1 Å². The third-order valence-corrected chi connectivity index (χ3v) is 3.28. The van der Waals surface area contributed by atoms with Gasteiger partial charge in [-0.2, -0.15) is 13.2 Å². The third kappa shape index (κ3) is 4.71. The van der Waals surface area contributed by atoms with E-state index < -0.39 is 31.1 Å². The van der Waals surface area contributed by atoms with Gasteiger partial charge in [-0.05, 0) is 12.1 Å². The van der Waals surface area contributed by atoms with Crippen LogP contribution in [0.15, 0.2) is 24.3 Å². The number of benzene rings is 1. The Kier molecular flexibility index (Phi) is 5.42. The Morgan fingerprint density at radius 2 is 1.88 bits per heavy atom. The number of hydrogen-bond acceptors (Lipinski definition) is 3. The monoisotopic (exact) mass is 342 g/mol. The lowest BCUT2D eigenvalue weighted by molar-refractivity contribution is -0.138. The van der Waals surface area contributed by atoms with Gasteiger partial charge in [0.1, 0.15) is 18.9 Å². The average molecular weight is 342 g/mol. The molecule has 0 aliphatic rings. The summed E-state index contributed by atoms with van der Waals surface area (Å²) >= 11 is 0. The van der Waals surface area contributed by atoms with Crippen molar-refractivity contribution in [2.45, 2.75) is 26.1 Å². The summed E-state index contributed by atoms with van der Waals surface area (Å²) in [5, 5.41) is 4.00. The van der Waals surface area contributed by atoms with Gasteiger partial charge in [-0.3, -0.25) is 9.59 Å². The maximum absolute atomic E-state index is 12.0. The molecule has 0 aliphatic carbocycles. The lowest BCUT2D eigenvalue weighted by Gasteiger charge is -2.10. The number of rotatable bonds is 6. The quantitative estimate of drug-likeness (QED) is 0.833. The molecular weight excluding hydrogens is 325 g/mol. The molecule has 9 heteroatoms. The van der Waals surface area contributed by atoms with E-state index >= 15 is 0 Å². The number of nitrogens with zero attached hydrogens (tertiary/aromatic N) is 2. The highest BCUT2D eigenvalue weighted by Gasteiger charge is 2.27. The van der Waals surface area contributed by atoms with E-state index in [9.17, 15) is 22.8 Å². The topological polar surface area (TPSA) is 76.0 Å². The van der Waals surface area contributed by atoms with Crippen LogP contribution in [0.2, 0.25) is 0 Å². The zero-order valence-corrected chi connectivity index (χ0v) is 13.0. The number of imidazole rings is 1. The van der Waals surface area contributed by atoms with Crippen LogP contribution in [-0.4, -0.2) is 40.6 Å². The molecule has 0 radical (unpaired) electrons. The van der Waals surface area contributed by atoms with Gasteiger partial charge in [-0.15, -0.1) is 0 Å². The van der Waals surface area contributed by atoms with Crippen molar-refractivity contribution in [3.8, 4) is 0 Å². The van der Waals surface area contributed by atoms with Gasteiger partial charge in [-0.1, -0.05) is 19.1 Å². The standard InChI is InChI=1S/C15H17F3N4O2/c1-2-12-21-10-5-3-4-6-11(10)22(12)8-14(24)19-7-13(23)20-9-15(16,17)18/h3-6H,2,7-9H2,1H3,(H,19,24)(H,20,23). The second-order valence-electron chi connectivity index (χ2n) is 5.13. The molecule has 1 aromatic heterocycles. The Hall–Kier alpha value is -2.58. The highest BCUT2D eigenvalue weighted by Crippen LogP contribution is 2.16. The Morgan fingerprint density at radius 1 is 1.17 bits per heavy atom. The first-order valence-electron chi connectivity index (χ1n) is 7.34. The number of aromatic nitrogens is 2. The molecule has 2 rings (SSSR count). The summed E-state index contributed by atoms with van der Waals surface area (Å²) in [5.41, 5.74) is 1.54. The zero-order valence-electron chi connectivity index (χ0n) is 13.0. The number of halogens is 3. The van der Waals surface area contributed by atoms with Crippen LogP contribution in [0.1, 0.15) is 12.7 Å². The predicted molar refractivity (Wildman–Crippen MR) is 81.2 cm³/mol. The molecule has 0 spiro atoms. The van der Waals surface area contributed by atoms with Crippen LogP contribution in [0, 0.1) is 0 Å². The Bertz CT molecular complexity index is 740. The zero-order chi connectivity index (χ0) is 17.7. The lowest BCUT2D eigenvalue weighted by atomic mass is 10.3. The van der Waals surface area contributed by atoms with Crippen molar-refractivity contribution < 1.29 is 22.8 Å². The van der Waals surface area contributed by atoms with Gasteiger partial charge in [-0.25, -0.2) is 4.98 Å². The average Bonchev–Trinajstić information content (AvgIpc) is 2.88. The summed E-state index contributed by atoms with van der Waals surface area (Å²) in [5.74, 6) is -0.658. The molecule has 2 N–H and O–H groups in total. The van der Waals surface area contributed by atoms with E-state index in [0.717, 1.165) is 11.0 Å². The number of para-hydroxylation sites is 2. The summed E-state index contributed by atoms with van der Waals surface area (Å²) in [7, 11) is 0. The molecule has 0 fully saturated rings. The highest BCUT2D eigenvalue weighted by atomic mass is 19.4. The molecule has 0 aliphatic heterocycles. The van der Waals surface area contributed by atoms with E-state index in [4.69, 9.17) is 0 Å². The molecule has 130 valence electrons. The minimum atomic E-state index is -4.48. The van der Waals surface area contributed by atoms with Crippen molar-refractivity contribution >= 4 is 22.8 Å². The van der Waals surface area contributed by atoms with Crippen LogP contribution >= 0.6 is 0 Å². The SMILES string of the molecule is CCc1nc2ccccc2n1CC(=O)NCC(=O)NCC(F)(F)F. The van der Waals surface area contributed by atoms with E-state index in [0.29, 0.717) is 12.2 Å². The molecule has 0 bridgehead atoms. The van der Waals surface area contributed by atoms with Crippen molar-refractivity contribution in [3.63, 3.8) is 0 Å². The van der Waals surface area contributed by atoms with Crippen LogP contribution in [0.25, 0.3) is 11.0 Å². The van der Waals surface area contributed by atoms with E-state index in [1.165, 1.54) is 0 Å². The van der Waals surface area contributed by atoms with Crippen LogP contribution in [0.5, 0.6) is 0 Å². The number of hydrogen-bond donors (Lipinski definition) is 2. The summed E-state index contributed by atoms with van der Waals surface area (Å²) in [4.78, 5) is 27.7. The van der Waals surface area contributed by atoms with Crippen LogP contribution in [0.3, 0.4) is 0 Å². The van der Waals surface area contributed by atoms with Gasteiger partial charge in [0.2, 0.25) is 11.8 Å². The van der Waals surface area contributed by atoms with E-state index in [1.807, 2.05) is 31.2 Å². The van der Waals surface area contributed by atoms with Crippen molar-refractivity contribution in [2.24, 2.45) is 0 Å². The number of alkyl halides is 3. The second kappa shape index (κ2) is 7.33. The lowest BCUT2D eigenvalue weighted by Crippen LogP contribution is -2.41. The van der Waals surface area contributed by atoms with Gasteiger partial charge in [0.05, 0.1) is 17.6 Å². The van der Waals surface area contributed by atoms with Gasteiger partial charge in [0.25, 0.3) is 0 Å². The summed E-state index contributed by atoms with van der Waals surface area (Å²) < 4.78 is 37.7. The molecule has 1 heterocycles. The summed E-state index contributed by atoms with van der Waals surface area (Å²) in [6.07, 6.45) is -3.86. The van der Waals surface area contributed by atoms with Crippen molar-refractivity contribution in [3.05, 3.63) is 30.1 Å². The highest BCUT2D eigenvalue weighted by molar-refractivity contribution is 5.85. The minimum absolute atomic E-state index is 0.0593. The molecule has 1 aromatic carbocycles. The minimum Gasteiger partial charge on any atom is -0.345 e. The molecule has 0 saturated carbocycles. The van der Waals surface area contributed by atoms with Gasteiger partial charge in [0, 0.05) is 6.42 Å². The number of aryl methyl sites for hydroxylation is 1. The molecular formula is C15H17F3N4O2. The number of nitrogens with one attached hydrogen (secondary N) is 2. The first-order chi connectivity index (χ1) is 11.3. The van der Waals surface area contributed by atoms with E-state index in [-0.39, 0.29) is 6.54 Å². The van der Waals surface area contributed by atoms with Crippen LogP contribution < -0.4 is 10.6 Å². The van der Waals surface area contributed by atoms with Crippen LogP contribution in [0.4, 0.5) is 13.2 Å². The van der Waals surface area contributed by atoms with Crippen molar-refractivity contribution in [1.29, 1.82) is 0 Å². The largest absolute Gasteiger partial charge is 0.405 e. The fourth-order valence-corrected chi connectivity index (χ4v) is 2.21. The van der Waals surface area contributed by atoms with E-state index in [1.54, 1.807) is 9.88 Å². The number of carbonyl (C=O) groups is 2. The first kappa shape index (κ1) is 17.8. The Balaban J connectivity index is 1.94. The fourth-order valence-electron chi connectivity index (χ4n) is 2.21. The summed E-state index contributed by atoms with van der Waals surface area (Å²) in [6, 6.07) is 7.31. The van der Waals surface area contributed by atoms with Gasteiger partial charge >= 0.3 is 6.18 Å². The van der Waals surface area contributed by atoms with Gasteiger partial charge in [0.15, 0.2) is 0 Å².